The molecule has 8 nitrogen and oxygen atoms in total. The molecule has 1 atom stereocenters. The standard InChI is InChI=1S/C28H24ClNO7/c1-32-23-8-16(9-24(33-2)27(23)34-3)25-18-10-21-22(37-14-36-21)11-19(18)30(20-13-35-28(31)26(20)25)12-15-4-6-17(29)7-5-15/h4-11,25H,12-14H2,1-3H3. The third-order valence-electron chi connectivity index (χ3n) is 6.88. The van der Waals surface area contributed by atoms with Crippen molar-refractivity contribution in [3.63, 3.8) is 0 Å². The van der Waals surface area contributed by atoms with Crippen LogP contribution in [0.2, 0.25) is 5.02 Å². The molecule has 3 heterocycles. The Balaban J connectivity index is 1.57. The van der Waals surface area contributed by atoms with Gasteiger partial charge in [0.15, 0.2) is 23.0 Å². The Morgan fingerprint density at radius 2 is 1.59 bits per heavy atom. The number of esters is 1. The van der Waals surface area contributed by atoms with Gasteiger partial charge in [0.05, 0.1) is 32.6 Å². The predicted octanol–water partition coefficient (Wildman–Crippen LogP) is 5.06. The maximum Gasteiger partial charge on any atom is 0.337 e. The number of hydrogen-bond acceptors (Lipinski definition) is 8. The van der Waals surface area contributed by atoms with Crippen LogP contribution in [0.5, 0.6) is 28.7 Å². The lowest BCUT2D eigenvalue weighted by molar-refractivity contribution is -0.136. The molecule has 190 valence electrons. The molecule has 3 aliphatic heterocycles. The van der Waals surface area contributed by atoms with Crippen molar-refractivity contribution in [3.8, 4) is 28.7 Å². The van der Waals surface area contributed by atoms with Crippen LogP contribution in [-0.4, -0.2) is 40.7 Å². The van der Waals surface area contributed by atoms with Crippen LogP contribution in [0.4, 0.5) is 5.69 Å². The Kier molecular flexibility index (Phi) is 5.76. The van der Waals surface area contributed by atoms with Crippen LogP contribution < -0.4 is 28.6 Å². The lowest BCUT2D eigenvalue weighted by Crippen LogP contribution is -2.30. The fourth-order valence-corrected chi connectivity index (χ4v) is 5.32. The van der Waals surface area contributed by atoms with Crippen molar-refractivity contribution in [2.24, 2.45) is 0 Å². The van der Waals surface area contributed by atoms with Crippen LogP contribution in [0.3, 0.4) is 0 Å². The minimum absolute atomic E-state index is 0.138. The van der Waals surface area contributed by atoms with E-state index in [1.807, 2.05) is 48.5 Å². The van der Waals surface area contributed by atoms with Crippen molar-refractivity contribution in [3.05, 3.63) is 81.5 Å². The maximum absolute atomic E-state index is 13.2. The first-order valence-electron chi connectivity index (χ1n) is 11.7. The molecular formula is C28H24ClNO7. The van der Waals surface area contributed by atoms with E-state index in [2.05, 4.69) is 4.90 Å². The minimum Gasteiger partial charge on any atom is -0.493 e. The van der Waals surface area contributed by atoms with Gasteiger partial charge in [-0.3, -0.25) is 0 Å². The molecule has 0 aromatic heterocycles. The number of ether oxygens (including phenoxy) is 6. The molecule has 3 aromatic carbocycles. The first kappa shape index (κ1) is 23.4. The Labute approximate surface area is 218 Å². The molecule has 0 saturated carbocycles. The number of rotatable bonds is 6. The van der Waals surface area contributed by atoms with Gasteiger partial charge in [-0.05, 0) is 47.0 Å². The lowest BCUT2D eigenvalue weighted by Gasteiger charge is -2.36. The molecule has 9 heteroatoms. The molecule has 1 unspecified atom stereocenters. The summed E-state index contributed by atoms with van der Waals surface area (Å²) in [6, 6.07) is 15.3. The molecule has 0 spiro atoms. The Hall–Kier alpha value is -4.04. The monoisotopic (exact) mass is 521 g/mol. The van der Waals surface area contributed by atoms with Gasteiger partial charge in [-0.15, -0.1) is 0 Å². The maximum atomic E-state index is 13.2. The summed E-state index contributed by atoms with van der Waals surface area (Å²) in [5.41, 5.74) is 4.97. The molecule has 0 fully saturated rings. The normalized spacial score (nSPS) is 17.4. The topological polar surface area (TPSA) is 75.7 Å². The van der Waals surface area contributed by atoms with Crippen molar-refractivity contribution in [2.75, 3.05) is 39.6 Å². The fourth-order valence-electron chi connectivity index (χ4n) is 5.20. The van der Waals surface area contributed by atoms with Gasteiger partial charge in [-0.25, -0.2) is 4.79 Å². The molecule has 3 aliphatic rings. The zero-order valence-electron chi connectivity index (χ0n) is 20.5. The van der Waals surface area contributed by atoms with E-state index in [-0.39, 0.29) is 19.4 Å². The minimum atomic E-state index is -0.454. The van der Waals surface area contributed by atoms with Gasteiger partial charge in [-0.2, -0.15) is 0 Å². The van der Waals surface area contributed by atoms with E-state index in [1.165, 1.54) is 0 Å². The number of methoxy groups -OCH3 is 3. The van der Waals surface area contributed by atoms with Crippen LogP contribution in [0, 0.1) is 0 Å². The summed E-state index contributed by atoms with van der Waals surface area (Å²) < 4.78 is 33.8. The molecule has 0 aliphatic carbocycles. The third-order valence-corrected chi connectivity index (χ3v) is 7.14. The molecule has 0 bridgehead atoms. The summed E-state index contributed by atoms with van der Waals surface area (Å²) in [6.07, 6.45) is 0. The highest BCUT2D eigenvalue weighted by molar-refractivity contribution is 6.30. The van der Waals surface area contributed by atoms with Gasteiger partial charge < -0.3 is 33.3 Å². The SMILES string of the molecule is COc1cc(C2C3=C(COC3=O)N(Cc3ccc(Cl)cc3)c3cc4c(cc32)OCO4)cc(OC)c1OC. The molecule has 0 amide bonds. The van der Waals surface area contributed by atoms with Gasteiger partial charge in [0.1, 0.15) is 6.61 Å². The highest BCUT2D eigenvalue weighted by Crippen LogP contribution is 2.53. The summed E-state index contributed by atoms with van der Waals surface area (Å²) in [7, 11) is 4.69. The Morgan fingerprint density at radius 3 is 2.24 bits per heavy atom. The van der Waals surface area contributed by atoms with Crippen molar-refractivity contribution < 1.29 is 33.2 Å². The molecule has 6 rings (SSSR count). The number of benzene rings is 3. The van der Waals surface area contributed by atoms with Crippen molar-refractivity contribution in [2.45, 2.75) is 12.5 Å². The zero-order chi connectivity index (χ0) is 25.7. The fraction of sp³-hybridized carbons (Fsp3) is 0.250. The number of halogens is 1. The van der Waals surface area contributed by atoms with E-state index in [0.717, 1.165) is 28.1 Å². The second kappa shape index (κ2) is 9.12. The predicted molar refractivity (Wildman–Crippen MR) is 136 cm³/mol. The number of carbonyl (C=O) groups excluding carboxylic acids is 1. The number of nitrogens with zero attached hydrogens (tertiary/aromatic N) is 1. The zero-order valence-corrected chi connectivity index (χ0v) is 21.3. The Morgan fingerprint density at radius 1 is 0.919 bits per heavy atom. The van der Waals surface area contributed by atoms with E-state index in [4.69, 9.17) is 40.0 Å². The summed E-state index contributed by atoms with van der Waals surface area (Å²) in [6.45, 7) is 0.817. The van der Waals surface area contributed by atoms with Gasteiger partial charge in [0, 0.05) is 29.2 Å². The second-order valence-electron chi connectivity index (χ2n) is 8.81. The first-order valence-corrected chi connectivity index (χ1v) is 12.1. The van der Waals surface area contributed by atoms with Gasteiger partial charge in [0.2, 0.25) is 12.5 Å². The quantitative estimate of drug-likeness (QED) is 0.417. The average Bonchev–Trinajstić information content (AvgIpc) is 3.54. The number of cyclic esters (lactones) is 1. The number of hydrogen-bond donors (Lipinski definition) is 0. The van der Waals surface area contributed by atoms with E-state index >= 15 is 0 Å². The summed E-state index contributed by atoms with van der Waals surface area (Å²) in [5.74, 6) is 1.93. The molecule has 0 N–H and O–H groups in total. The van der Waals surface area contributed by atoms with Gasteiger partial charge in [-0.1, -0.05) is 23.7 Å². The van der Waals surface area contributed by atoms with Crippen LogP contribution in [0.1, 0.15) is 22.6 Å². The van der Waals surface area contributed by atoms with Crippen LogP contribution in [0.25, 0.3) is 0 Å². The van der Waals surface area contributed by atoms with Crippen molar-refractivity contribution in [1.29, 1.82) is 0 Å². The van der Waals surface area contributed by atoms with Gasteiger partial charge in [0.25, 0.3) is 0 Å². The highest BCUT2D eigenvalue weighted by atomic mass is 35.5. The third kappa shape index (κ3) is 3.79. The van der Waals surface area contributed by atoms with E-state index in [1.54, 1.807) is 21.3 Å². The van der Waals surface area contributed by atoms with Crippen LogP contribution in [0.15, 0.2) is 59.8 Å². The smallest absolute Gasteiger partial charge is 0.337 e. The molecule has 0 saturated heterocycles. The second-order valence-corrected chi connectivity index (χ2v) is 9.24. The van der Waals surface area contributed by atoms with Crippen molar-refractivity contribution in [1.82, 2.24) is 0 Å². The van der Waals surface area contributed by atoms with E-state index in [0.29, 0.717) is 45.9 Å². The van der Waals surface area contributed by atoms with Gasteiger partial charge >= 0.3 is 5.97 Å². The largest absolute Gasteiger partial charge is 0.493 e. The molecular weight excluding hydrogens is 498 g/mol. The molecule has 3 aromatic rings. The summed E-state index contributed by atoms with van der Waals surface area (Å²) >= 11 is 6.12. The van der Waals surface area contributed by atoms with Crippen molar-refractivity contribution >= 4 is 23.3 Å². The van der Waals surface area contributed by atoms with Crippen LogP contribution in [-0.2, 0) is 16.1 Å². The first-order chi connectivity index (χ1) is 18.0. The highest BCUT2D eigenvalue weighted by Gasteiger charge is 2.43. The molecule has 0 radical (unpaired) electrons. The lowest BCUT2D eigenvalue weighted by atomic mass is 9.80. The van der Waals surface area contributed by atoms with E-state index in [9.17, 15) is 4.79 Å². The Bertz CT molecular complexity index is 1410. The number of carbonyl (C=O) groups is 1. The summed E-state index contributed by atoms with van der Waals surface area (Å²) in [4.78, 5) is 15.3. The van der Waals surface area contributed by atoms with Crippen LogP contribution >= 0.6 is 11.6 Å². The average molecular weight is 522 g/mol. The number of fused-ring (bicyclic) bond motifs is 2. The summed E-state index contributed by atoms with van der Waals surface area (Å²) in [5, 5.41) is 0.660. The molecule has 37 heavy (non-hydrogen) atoms. The number of anilines is 1. The van der Waals surface area contributed by atoms with E-state index < -0.39 is 5.92 Å².